The quantitative estimate of drug-likeness (QED) is 0.899. The molecule has 0 unspecified atom stereocenters. The number of hydrogen-bond acceptors (Lipinski definition) is 4. The minimum atomic E-state index is -3.67. The van der Waals surface area contributed by atoms with E-state index in [0.29, 0.717) is 13.1 Å². The van der Waals surface area contributed by atoms with Gasteiger partial charge in [0.2, 0.25) is 10.0 Å². The van der Waals surface area contributed by atoms with E-state index in [-0.39, 0.29) is 16.7 Å². The Morgan fingerprint density at radius 1 is 1.17 bits per heavy atom. The van der Waals surface area contributed by atoms with E-state index in [1.54, 1.807) is 6.20 Å². The van der Waals surface area contributed by atoms with Gasteiger partial charge in [-0.25, -0.2) is 12.8 Å². The van der Waals surface area contributed by atoms with Crippen LogP contribution in [0.5, 0.6) is 0 Å². The van der Waals surface area contributed by atoms with Gasteiger partial charge in [0, 0.05) is 37.4 Å². The molecule has 1 N–H and O–H groups in total. The average Bonchev–Trinajstić information content (AvgIpc) is 2.97. The Kier molecular flexibility index (Phi) is 3.86. The Bertz CT molecular complexity index is 854. The molecule has 1 saturated heterocycles. The van der Waals surface area contributed by atoms with Crippen LogP contribution in [-0.4, -0.2) is 37.3 Å². The van der Waals surface area contributed by atoms with E-state index >= 15 is 0 Å². The molecule has 7 heteroatoms. The van der Waals surface area contributed by atoms with Crippen molar-refractivity contribution in [1.29, 1.82) is 0 Å². The molecule has 0 spiro atoms. The minimum absolute atomic E-state index is 0.124. The molecule has 5 nitrogen and oxygen atoms in total. The van der Waals surface area contributed by atoms with E-state index in [2.05, 4.69) is 10.3 Å². The van der Waals surface area contributed by atoms with Gasteiger partial charge < -0.3 is 5.32 Å². The van der Waals surface area contributed by atoms with Crippen molar-refractivity contribution >= 4 is 10.0 Å². The molecule has 4 rings (SSSR count). The number of fused-ring (bicyclic) bond motifs is 3. The van der Waals surface area contributed by atoms with Crippen LogP contribution in [0.25, 0.3) is 0 Å². The van der Waals surface area contributed by atoms with Gasteiger partial charge in [0.05, 0.1) is 4.90 Å². The van der Waals surface area contributed by atoms with Gasteiger partial charge in [0.15, 0.2) is 0 Å². The number of pyridine rings is 1. The molecule has 126 valence electrons. The topological polar surface area (TPSA) is 62.3 Å². The van der Waals surface area contributed by atoms with E-state index in [0.717, 1.165) is 24.3 Å². The van der Waals surface area contributed by atoms with Crippen LogP contribution >= 0.6 is 0 Å². The molecule has 2 atom stereocenters. The van der Waals surface area contributed by atoms with E-state index in [9.17, 15) is 12.8 Å². The van der Waals surface area contributed by atoms with Crippen LogP contribution in [0.2, 0.25) is 0 Å². The van der Waals surface area contributed by atoms with E-state index in [1.165, 1.54) is 28.6 Å². The molecule has 0 bridgehead atoms. The zero-order valence-electron chi connectivity index (χ0n) is 13.0. The molecule has 0 radical (unpaired) electrons. The molecule has 2 aliphatic rings. The average molecular weight is 347 g/mol. The van der Waals surface area contributed by atoms with Gasteiger partial charge in [-0.15, -0.1) is 0 Å². The lowest BCUT2D eigenvalue weighted by atomic mass is 9.91. The summed E-state index contributed by atoms with van der Waals surface area (Å²) in [5, 5.41) is 3.34. The normalized spacial score (nSPS) is 24.2. The van der Waals surface area contributed by atoms with Crippen LogP contribution < -0.4 is 5.32 Å². The van der Waals surface area contributed by atoms with Gasteiger partial charge in [0.1, 0.15) is 5.82 Å². The van der Waals surface area contributed by atoms with Gasteiger partial charge in [-0.2, -0.15) is 4.31 Å². The highest BCUT2D eigenvalue weighted by atomic mass is 32.2. The predicted octanol–water partition coefficient (Wildman–Crippen LogP) is 1.73. The molecule has 0 amide bonds. The number of halogens is 1. The van der Waals surface area contributed by atoms with Gasteiger partial charge >= 0.3 is 0 Å². The molecule has 24 heavy (non-hydrogen) atoms. The van der Waals surface area contributed by atoms with Crippen LogP contribution in [0.1, 0.15) is 17.2 Å². The zero-order valence-corrected chi connectivity index (χ0v) is 13.8. The van der Waals surface area contributed by atoms with Crippen molar-refractivity contribution in [1.82, 2.24) is 14.6 Å². The zero-order chi connectivity index (χ0) is 16.7. The van der Waals surface area contributed by atoms with Crippen molar-refractivity contribution < 1.29 is 12.8 Å². The highest BCUT2D eigenvalue weighted by molar-refractivity contribution is 7.89. The first-order valence-corrected chi connectivity index (χ1v) is 9.40. The van der Waals surface area contributed by atoms with Crippen molar-refractivity contribution in [3.05, 3.63) is 59.7 Å². The lowest BCUT2D eigenvalue weighted by molar-refractivity contribution is 0.349. The first-order chi connectivity index (χ1) is 11.6. The first-order valence-electron chi connectivity index (χ1n) is 7.96. The standard InChI is InChI=1S/C17H18FN3O2S/c18-14-3-5-15(6-4-14)24(22,23)21-10-12-2-1-7-20-17(12)16-9-19-8-13(16)11-21/h1-7,13,16,19H,8-11H2/t13-,16+/m1/s1. The fraction of sp³-hybridized carbons (Fsp3) is 0.353. The lowest BCUT2D eigenvalue weighted by Crippen LogP contribution is -2.35. The number of benzene rings is 1. The first kappa shape index (κ1) is 15.7. The monoisotopic (exact) mass is 347 g/mol. The van der Waals surface area contributed by atoms with Gasteiger partial charge in [-0.3, -0.25) is 4.98 Å². The minimum Gasteiger partial charge on any atom is -0.316 e. The Morgan fingerprint density at radius 2 is 1.96 bits per heavy atom. The number of sulfonamides is 1. The fourth-order valence-corrected chi connectivity index (χ4v) is 5.09. The second-order valence-electron chi connectivity index (χ2n) is 6.32. The molecule has 1 fully saturated rings. The summed E-state index contributed by atoms with van der Waals surface area (Å²) in [7, 11) is -3.67. The SMILES string of the molecule is O=S(=O)(c1ccc(F)cc1)N1Cc2cccnc2[C@H]2CNC[C@@H]2C1. The van der Waals surface area contributed by atoms with Crippen LogP contribution in [0.4, 0.5) is 4.39 Å². The third-order valence-corrected chi connectivity index (χ3v) is 6.68. The third kappa shape index (κ3) is 2.62. The largest absolute Gasteiger partial charge is 0.316 e. The lowest BCUT2D eigenvalue weighted by Gasteiger charge is -2.23. The maximum Gasteiger partial charge on any atom is 0.243 e. The van der Waals surface area contributed by atoms with Gasteiger partial charge in [0.25, 0.3) is 0 Å². The van der Waals surface area contributed by atoms with Crippen LogP contribution in [0.3, 0.4) is 0 Å². The van der Waals surface area contributed by atoms with Crippen molar-refractivity contribution in [2.45, 2.75) is 17.4 Å². The number of nitrogens with one attached hydrogen (secondary N) is 1. The highest BCUT2D eigenvalue weighted by Crippen LogP contribution is 2.35. The molecular weight excluding hydrogens is 329 g/mol. The maximum absolute atomic E-state index is 13.1. The predicted molar refractivity (Wildman–Crippen MR) is 87.3 cm³/mol. The molecule has 0 saturated carbocycles. The summed E-state index contributed by atoms with van der Waals surface area (Å²) in [6, 6.07) is 8.79. The Morgan fingerprint density at radius 3 is 2.75 bits per heavy atom. The molecule has 3 heterocycles. The van der Waals surface area contributed by atoms with Crippen LogP contribution in [-0.2, 0) is 16.6 Å². The molecule has 1 aromatic heterocycles. The number of nitrogens with zero attached hydrogens (tertiary/aromatic N) is 2. The molecule has 0 aliphatic carbocycles. The Hall–Kier alpha value is -1.83. The van der Waals surface area contributed by atoms with Gasteiger partial charge in [-0.1, -0.05) is 6.07 Å². The van der Waals surface area contributed by atoms with Crippen molar-refractivity contribution in [3.8, 4) is 0 Å². The summed E-state index contributed by atoms with van der Waals surface area (Å²) in [5.74, 6) is -0.0228. The van der Waals surface area contributed by atoms with Crippen LogP contribution in [0, 0.1) is 11.7 Å². The molecular formula is C17H18FN3O2S. The Labute approximate surface area is 140 Å². The van der Waals surface area contributed by atoms with Crippen LogP contribution in [0.15, 0.2) is 47.5 Å². The van der Waals surface area contributed by atoms with Crippen molar-refractivity contribution in [2.24, 2.45) is 5.92 Å². The smallest absolute Gasteiger partial charge is 0.243 e. The molecule has 1 aromatic carbocycles. The summed E-state index contributed by atoms with van der Waals surface area (Å²) < 4.78 is 40.7. The van der Waals surface area contributed by atoms with Gasteiger partial charge in [-0.05, 0) is 48.4 Å². The Balaban J connectivity index is 1.75. The number of rotatable bonds is 2. The highest BCUT2D eigenvalue weighted by Gasteiger charge is 2.39. The van der Waals surface area contributed by atoms with E-state index in [1.807, 2.05) is 12.1 Å². The second kappa shape index (κ2) is 5.91. The van der Waals surface area contributed by atoms with E-state index in [4.69, 9.17) is 0 Å². The van der Waals surface area contributed by atoms with E-state index < -0.39 is 15.8 Å². The summed E-state index contributed by atoms with van der Waals surface area (Å²) in [5.41, 5.74) is 1.93. The van der Waals surface area contributed by atoms with Crippen molar-refractivity contribution in [2.75, 3.05) is 19.6 Å². The maximum atomic E-state index is 13.1. The summed E-state index contributed by atoms with van der Waals surface area (Å²) in [6.45, 7) is 2.33. The summed E-state index contributed by atoms with van der Waals surface area (Å²) >= 11 is 0. The summed E-state index contributed by atoms with van der Waals surface area (Å²) in [4.78, 5) is 4.64. The second-order valence-corrected chi connectivity index (χ2v) is 8.26. The van der Waals surface area contributed by atoms with Crippen molar-refractivity contribution in [3.63, 3.8) is 0 Å². The number of hydrogen-bond donors (Lipinski definition) is 1. The molecule has 2 aliphatic heterocycles. The fourth-order valence-electron chi connectivity index (χ4n) is 3.62. The third-order valence-electron chi connectivity index (χ3n) is 4.85. The molecule has 2 aromatic rings. The number of aromatic nitrogens is 1. The summed E-state index contributed by atoms with van der Waals surface area (Å²) in [6.07, 6.45) is 1.76.